The van der Waals surface area contributed by atoms with E-state index in [9.17, 15) is 0 Å². The predicted octanol–water partition coefficient (Wildman–Crippen LogP) is 6.26. The predicted molar refractivity (Wildman–Crippen MR) is 113 cm³/mol. The standard InChI is InChI=1S/C18H29Cl2NS2/c1-21(2)18-13-16(14-22(19)9-3-4-10-22)7-8-17(18)15-23(20)11-5-6-12-23/h7-8,13H,3-6,9-12,14-15H2,1-2H3. The van der Waals surface area contributed by atoms with Crippen molar-refractivity contribution < 1.29 is 0 Å². The van der Waals surface area contributed by atoms with Gasteiger partial charge in [0.1, 0.15) is 0 Å². The van der Waals surface area contributed by atoms with Crippen molar-refractivity contribution in [2.24, 2.45) is 0 Å². The molecule has 0 unspecified atom stereocenters. The number of hydrogen-bond donors (Lipinski definition) is 0. The van der Waals surface area contributed by atoms with Crippen molar-refractivity contribution in [3.8, 4) is 0 Å². The Labute approximate surface area is 153 Å². The molecular weight excluding hydrogens is 365 g/mol. The lowest BCUT2D eigenvalue weighted by atomic mass is 10.1. The number of hydrogen-bond acceptors (Lipinski definition) is 1. The molecule has 2 aliphatic heterocycles. The molecule has 1 aromatic carbocycles. The number of halogens is 2. The lowest BCUT2D eigenvalue weighted by molar-refractivity contribution is 0.949. The number of benzene rings is 1. The number of nitrogens with zero attached hydrogens (tertiary/aromatic N) is 1. The maximum atomic E-state index is 6.93. The molecule has 5 heteroatoms. The van der Waals surface area contributed by atoms with Crippen LogP contribution in [0.15, 0.2) is 18.2 Å². The van der Waals surface area contributed by atoms with E-state index >= 15 is 0 Å². The molecule has 0 aliphatic carbocycles. The molecule has 1 aromatic rings. The van der Waals surface area contributed by atoms with E-state index in [4.69, 9.17) is 21.4 Å². The molecule has 0 N–H and O–H groups in total. The van der Waals surface area contributed by atoms with Crippen LogP contribution in [-0.4, -0.2) is 37.1 Å². The topological polar surface area (TPSA) is 3.24 Å². The highest BCUT2D eigenvalue weighted by Gasteiger charge is 2.29. The summed E-state index contributed by atoms with van der Waals surface area (Å²) < 4.78 is 0. The third-order valence-corrected chi connectivity index (χ3v) is 13.3. The van der Waals surface area contributed by atoms with Crippen LogP contribution in [0.5, 0.6) is 0 Å². The molecule has 0 atom stereocenters. The molecule has 2 saturated heterocycles. The highest BCUT2D eigenvalue weighted by Crippen LogP contribution is 2.62. The lowest BCUT2D eigenvalue weighted by Gasteiger charge is -2.31. The zero-order chi connectivity index (χ0) is 16.5. The minimum Gasteiger partial charge on any atom is -0.377 e. The van der Waals surface area contributed by atoms with Gasteiger partial charge >= 0.3 is 0 Å². The Balaban J connectivity index is 1.80. The first kappa shape index (κ1) is 18.1. The summed E-state index contributed by atoms with van der Waals surface area (Å²) in [4.78, 5) is 2.25. The molecule has 2 aliphatic rings. The maximum absolute atomic E-state index is 6.93. The smallest absolute Gasteiger partial charge is 0.0404 e. The van der Waals surface area contributed by atoms with E-state index in [0.717, 1.165) is 11.5 Å². The molecule has 2 fully saturated rings. The largest absolute Gasteiger partial charge is 0.377 e. The first-order valence-corrected chi connectivity index (χ1v) is 14.5. The molecular formula is C18H29Cl2NS2. The van der Waals surface area contributed by atoms with Crippen LogP contribution >= 0.6 is 39.8 Å². The van der Waals surface area contributed by atoms with E-state index < -0.39 is 18.5 Å². The van der Waals surface area contributed by atoms with Crippen molar-refractivity contribution in [1.82, 2.24) is 0 Å². The summed E-state index contributed by atoms with van der Waals surface area (Å²) >= 11 is 0. The average Bonchev–Trinajstić information content (AvgIpc) is 3.10. The van der Waals surface area contributed by atoms with Crippen LogP contribution in [0.1, 0.15) is 36.8 Å². The summed E-state index contributed by atoms with van der Waals surface area (Å²) in [5.74, 6) is 7.09. The van der Waals surface area contributed by atoms with E-state index in [0.29, 0.717) is 0 Å². The summed E-state index contributed by atoms with van der Waals surface area (Å²) in [5, 5.41) is 0. The first-order valence-electron chi connectivity index (χ1n) is 8.60. The van der Waals surface area contributed by atoms with Gasteiger partial charge in [-0.15, -0.1) is 0 Å². The molecule has 0 aromatic heterocycles. The summed E-state index contributed by atoms with van der Waals surface area (Å²) in [6, 6.07) is 7.01. The van der Waals surface area contributed by atoms with E-state index in [2.05, 4.69) is 37.2 Å². The third-order valence-electron chi connectivity index (χ3n) is 5.01. The van der Waals surface area contributed by atoms with Gasteiger partial charge in [-0.05, 0) is 65.9 Å². The first-order chi connectivity index (χ1) is 10.9. The number of rotatable bonds is 5. The van der Waals surface area contributed by atoms with Gasteiger partial charge in [0.2, 0.25) is 0 Å². The second kappa shape index (κ2) is 7.27. The highest BCUT2D eigenvalue weighted by molar-refractivity contribution is 8.51. The van der Waals surface area contributed by atoms with Crippen LogP contribution < -0.4 is 4.90 Å². The Morgan fingerprint density at radius 1 is 0.870 bits per heavy atom. The van der Waals surface area contributed by atoms with Gasteiger partial charge in [0.15, 0.2) is 0 Å². The average molecular weight is 394 g/mol. The fourth-order valence-corrected chi connectivity index (χ4v) is 11.2. The van der Waals surface area contributed by atoms with E-state index in [1.807, 2.05) is 0 Å². The summed E-state index contributed by atoms with van der Waals surface area (Å²) in [6.45, 7) is 0. The van der Waals surface area contributed by atoms with Gasteiger partial charge in [0.05, 0.1) is 0 Å². The Morgan fingerprint density at radius 2 is 1.39 bits per heavy atom. The monoisotopic (exact) mass is 393 g/mol. The van der Waals surface area contributed by atoms with Crippen molar-refractivity contribution in [2.45, 2.75) is 37.2 Å². The van der Waals surface area contributed by atoms with Gasteiger partial charge in [-0.3, -0.25) is 0 Å². The van der Waals surface area contributed by atoms with E-state index in [-0.39, 0.29) is 0 Å². The molecule has 0 spiro atoms. The Bertz CT molecular complexity index is 550. The van der Waals surface area contributed by atoms with E-state index in [1.165, 1.54) is 65.5 Å². The molecule has 1 nitrogen and oxygen atoms in total. The molecule has 0 amide bonds. The molecule has 0 saturated carbocycles. The van der Waals surface area contributed by atoms with Gasteiger partial charge in [-0.1, -0.05) is 33.5 Å². The quantitative estimate of drug-likeness (QED) is 0.570. The van der Waals surface area contributed by atoms with Gasteiger partial charge in [-0.25, -0.2) is 0 Å². The van der Waals surface area contributed by atoms with Gasteiger partial charge in [-0.2, -0.15) is 18.5 Å². The van der Waals surface area contributed by atoms with Gasteiger partial charge in [0, 0.05) is 31.3 Å². The molecule has 0 bridgehead atoms. The van der Waals surface area contributed by atoms with Crippen molar-refractivity contribution in [3.63, 3.8) is 0 Å². The van der Waals surface area contributed by atoms with E-state index in [1.54, 1.807) is 0 Å². The second-order valence-electron chi connectivity index (χ2n) is 7.26. The fourth-order valence-electron chi connectivity index (χ4n) is 3.75. The maximum Gasteiger partial charge on any atom is 0.0404 e. The molecule has 23 heavy (non-hydrogen) atoms. The minimum absolute atomic E-state index is 0.914. The summed E-state index contributed by atoms with van der Waals surface area (Å²) in [5.41, 5.74) is 4.18. The molecule has 2 heterocycles. The molecule has 3 rings (SSSR count). The van der Waals surface area contributed by atoms with Crippen molar-refractivity contribution in [2.75, 3.05) is 42.0 Å². The molecule has 0 radical (unpaired) electrons. The fraction of sp³-hybridized carbons (Fsp3) is 0.667. The Hall–Kier alpha value is 0.300. The minimum atomic E-state index is -0.935. The van der Waals surface area contributed by atoms with Crippen LogP contribution in [0, 0.1) is 0 Å². The third kappa shape index (κ3) is 4.48. The SMILES string of the molecule is CN(C)c1cc(CS2(Cl)CCCC2)ccc1CS1(Cl)CCCC1. The van der Waals surface area contributed by atoms with Gasteiger partial charge in [0.25, 0.3) is 0 Å². The highest BCUT2D eigenvalue weighted by atomic mass is 35.7. The lowest BCUT2D eigenvalue weighted by Crippen LogP contribution is -2.13. The summed E-state index contributed by atoms with van der Waals surface area (Å²) in [6.07, 6.45) is 5.25. The van der Waals surface area contributed by atoms with Crippen LogP contribution in [0.4, 0.5) is 5.69 Å². The van der Waals surface area contributed by atoms with Crippen molar-refractivity contribution in [3.05, 3.63) is 29.3 Å². The van der Waals surface area contributed by atoms with Crippen molar-refractivity contribution >= 4 is 45.5 Å². The number of anilines is 1. The van der Waals surface area contributed by atoms with Crippen molar-refractivity contribution in [1.29, 1.82) is 0 Å². The zero-order valence-electron chi connectivity index (χ0n) is 14.3. The van der Waals surface area contributed by atoms with Crippen LogP contribution in [0.2, 0.25) is 0 Å². The summed E-state index contributed by atoms with van der Waals surface area (Å²) in [7, 11) is 16.3. The van der Waals surface area contributed by atoms with Gasteiger partial charge < -0.3 is 4.90 Å². The van der Waals surface area contributed by atoms with Crippen LogP contribution in [0.25, 0.3) is 0 Å². The molecule has 132 valence electrons. The normalized spacial score (nSPS) is 25.2. The van der Waals surface area contributed by atoms with Crippen LogP contribution in [-0.2, 0) is 11.5 Å². The second-order valence-corrected chi connectivity index (χ2v) is 17.2. The van der Waals surface area contributed by atoms with Crippen LogP contribution in [0.3, 0.4) is 0 Å². The Kier molecular flexibility index (Phi) is 5.72. The Morgan fingerprint density at radius 3 is 1.91 bits per heavy atom. The zero-order valence-corrected chi connectivity index (χ0v) is 17.5.